The molecule has 1 aromatic rings. The summed E-state index contributed by atoms with van der Waals surface area (Å²) < 4.78 is 5.86. The van der Waals surface area contributed by atoms with Crippen molar-refractivity contribution in [1.82, 2.24) is 0 Å². The topological polar surface area (TPSA) is 29.5 Å². The molecule has 1 aromatic carbocycles. The molecule has 3 rings (SSSR count). The van der Waals surface area contributed by atoms with Crippen LogP contribution in [0.15, 0.2) is 47.2 Å². The Morgan fingerprint density at radius 2 is 1.81 bits per heavy atom. The van der Waals surface area contributed by atoms with Crippen LogP contribution in [-0.2, 0) is 17.6 Å². The molecular weight excluding hydrogens is 260 g/mol. The zero-order chi connectivity index (χ0) is 14.9. The van der Waals surface area contributed by atoms with E-state index in [-0.39, 0.29) is 12.0 Å². The van der Waals surface area contributed by atoms with E-state index in [1.54, 1.807) is 5.57 Å². The Morgan fingerprint density at radius 3 is 2.52 bits per heavy atom. The Labute approximate surface area is 127 Å². The normalized spacial score (nSPS) is 19.7. The van der Waals surface area contributed by atoms with Crippen molar-refractivity contribution < 1.29 is 9.84 Å². The van der Waals surface area contributed by atoms with Crippen molar-refractivity contribution in [2.45, 2.75) is 39.5 Å². The summed E-state index contributed by atoms with van der Waals surface area (Å²) in [6, 6.07) is 8.77. The van der Waals surface area contributed by atoms with Gasteiger partial charge in [0.15, 0.2) is 0 Å². The first-order chi connectivity index (χ1) is 10.1. The molecule has 21 heavy (non-hydrogen) atoms. The molecule has 0 saturated heterocycles. The minimum Gasteiger partial charge on any atom is -0.498 e. The maximum atomic E-state index is 8.89. The van der Waals surface area contributed by atoms with Gasteiger partial charge in [-0.25, -0.2) is 0 Å². The molecule has 0 unspecified atom stereocenters. The van der Waals surface area contributed by atoms with Crippen LogP contribution in [0.3, 0.4) is 0 Å². The lowest BCUT2D eigenvalue weighted by atomic mass is 9.69. The van der Waals surface area contributed by atoms with Gasteiger partial charge in [-0.05, 0) is 30.0 Å². The Balaban J connectivity index is 1.81. The van der Waals surface area contributed by atoms with Gasteiger partial charge in [0.05, 0.1) is 12.4 Å². The molecule has 0 aliphatic heterocycles. The molecule has 1 N–H and O–H groups in total. The van der Waals surface area contributed by atoms with Crippen LogP contribution in [-0.4, -0.2) is 18.3 Å². The summed E-state index contributed by atoms with van der Waals surface area (Å²) >= 11 is 0. The summed E-state index contributed by atoms with van der Waals surface area (Å²) in [7, 11) is 0. The quantitative estimate of drug-likeness (QED) is 0.673. The summed E-state index contributed by atoms with van der Waals surface area (Å²) in [6.07, 6.45) is 6.02. The predicted molar refractivity (Wildman–Crippen MR) is 85.0 cm³/mol. The summed E-state index contributed by atoms with van der Waals surface area (Å²) in [5.41, 5.74) is 6.09. The first-order valence-corrected chi connectivity index (χ1v) is 7.84. The second-order valence-corrected chi connectivity index (χ2v) is 6.64. The molecule has 0 amide bonds. The van der Waals surface area contributed by atoms with E-state index in [0.717, 1.165) is 25.0 Å². The van der Waals surface area contributed by atoms with E-state index in [1.807, 2.05) is 0 Å². The molecule has 2 aliphatic carbocycles. The number of allylic oxidation sites excluding steroid dienone is 3. The molecule has 0 bridgehead atoms. The van der Waals surface area contributed by atoms with Crippen LogP contribution in [0, 0.1) is 5.41 Å². The van der Waals surface area contributed by atoms with Crippen LogP contribution in [0.5, 0.6) is 0 Å². The van der Waals surface area contributed by atoms with Crippen molar-refractivity contribution in [3.8, 4) is 0 Å². The number of aliphatic hydroxyl groups excluding tert-OH is 1. The van der Waals surface area contributed by atoms with Gasteiger partial charge in [-0.1, -0.05) is 49.3 Å². The summed E-state index contributed by atoms with van der Waals surface area (Å²) in [4.78, 5) is 0. The van der Waals surface area contributed by atoms with Gasteiger partial charge in [0.1, 0.15) is 0 Å². The average Bonchev–Trinajstić information content (AvgIpc) is 2.45. The fraction of sp³-hybridized carbons (Fsp3) is 0.474. The second kappa shape index (κ2) is 5.69. The molecule has 2 aliphatic rings. The zero-order valence-corrected chi connectivity index (χ0v) is 13.0. The molecule has 0 atom stereocenters. The Hall–Kier alpha value is -1.54. The number of benzene rings is 1. The lowest BCUT2D eigenvalue weighted by molar-refractivity contribution is 0.167. The lowest BCUT2D eigenvalue weighted by Crippen LogP contribution is -2.25. The first kappa shape index (κ1) is 14.4. The van der Waals surface area contributed by atoms with Crippen molar-refractivity contribution in [1.29, 1.82) is 0 Å². The van der Waals surface area contributed by atoms with E-state index in [1.165, 1.54) is 16.7 Å². The molecule has 0 spiro atoms. The third kappa shape index (κ3) is 2.91. The van der Waals surface area contributed by atoms with E-state index in [2.05, 4.69) is 44.2 Å². The van der Waals surface area contributed by atoms with Gasteiger partial charge in [-0.15, -0.1) is 0 Å². The van der Waals surface area contributed by atoms with Gasteiger partial charge < -0.3 is 9.84 Å². The second-order valence-electron chi connectivity index (χ2n) is 6.64. The molecule has 0 fully saturated rings. The fourth-order valence-electron chi connectivity index (χ4n) is 3.52. The first-order valence-electron chi connectivity index (χ1n) is 7.84. The number of hydrogen-bond donors (Lipinski definition) is 1. The third-order valence-electron chi connectivity index (χ3n) is 4.59. The van der Waals surface area contributed by atoms with Gasteiger partial charge in [0, 0.05) is 24.9 Å². The highest BCUT2D eigenvalue weighted by molar-refractivity contribution is 5.46. The van der Waals surface area contributed by atoms with Crippen molar-refractivity contribution in [2.24, 2.45) is 5.41 Å². The minimum atomic E-state index is 0.0651. The van der Waals surface area contributed by atoms with Crippen LogP contribution in [0.4, 0.5) is 0 Å². The number of hydrogen-bond acceptors (Lipinski definition) is 2. The van der Waals surface area contributed by atoms with E-state index in [0.29, 0.717) is 13.0 Å². The smallest absolute Gasteiger partial charge is 0.0969 e. The van der Waals surface area contributed by atoms with E-state index < -0.39 is 0 Å². The zero-order valence-electron chi connectivity index (χ0n) is 13.0. The van der Waals surface area contributed by atoms with Crippen molar-refractivity contribution in [3.63, 3.8) is 0 Å². The van der Waals surface area contributed by atoms with Crippen LogP contribution in [0.2, 0.25) is 0 Å². The number of rotatable bonds is 4. The maximum Gasteiger partial charge on any atom is 0.0969 e. The third-order valence-corrected chi connectivity index (χ3v) is 4.59. The van der Waals surface area contributed by atoms with Crippen LogP contribution in [0.1, 0.15) is 37.8 Å². The maximum absolute atomic E-state index is 8.89. The molecule has 2 nitrogen and oxygen atoms in total. The van der Waals surface area contributed by atoms with E-state index >= 15 is 0 Å². The van der Waals surface area contributed by atoms with E-state index in [9.17, 15) is 0 Å². The molecule has 112 valence electrons. The highest BCUT2D eigenvalue weighted by Gasteiger charge is 2.32. The number of fused-ring (bicyclic) bond motifs is 1. The van der Waals surface area contributed by atoms with Crippen LogP contribution in [0.25, 0.3) is 0 Å². The summed E-state index contributed by atoms with van der Waals surface area (Å²) in [6.45, 7) is 5.37. The molecule has 0 radical (unpaired) electrons. The predicted octanol–water partition coefficient (Wildman–Crippen LogP) is 3.79. The minimum absolute atomic E-state index is 0.0651. The highest BCUT2D eigenvalue weighted by atomic mass is 16.5. The standard InChI is InChI=1S/C19H24O2/c1-19(2)13-17(21-9-5-8-20)11-16-10-14-6-3-4-7-15(14)12-18(16)19/h3-4,6-7,13,20H,5,8-12H2,1-2H3. The lowest BCUT2D eigenvalue weighted by Gasteiger charge is -2.37. The van der Waals surface area contributed by atoms with Crippen LogP contribution < -0.4 is 0 Å². The average molecular weight is 284 g/mol. The van der Waals surface area contributed by atoms with Gasteiger partial charge in [0.25, 0.3) is 0 Å². The Kier molecular flexibility index (Phi) is 3.90. The number of ether oxygens (including phenoxy) is 1. The van der Waals surface area contributed by atoms with Gasteiger partial charge in [-0.3, -0.25) is 0 Å². The number of aliphatic hydroxyl groups is 1. The summed E-state index contributed by atoms with van der Waals surface area (Å²) in [5, 5.41) is 8.89. The molecular formula is C19H24O2. The van der Waals surface area contributed by atoms with Crippen molar-refractivity contribution in [2.75, 3.05) is 13.2 Å². The Bertz CT molecular complexity index is 593. The van der Waals surface area contributed by atoms with Gasteiger partial charge >= 0.3 is 0 Å². The monoisotopic (exact) mass is 284 g/mol. The van der Waals surface area contributed by atoms with E-state index in [4.69, 9.17) is 9.84 Å². The molecule has 0 saturated carbocycles. The van der Waals surface area contributed by atoms with Crippen LogP contribution >= 0.6 is 0 Å². The summed E-state index contributed by atoms with van der Waals surface area (Å²) in [5.74, 6) is 1.08. The molecule has 0 heterocycles. The van der Waals surface area contributed by atoms with Crippen molar-refractivity contribution in [3.05, 3.63) is 58.4 Å². The Morgan fingerprint density at radius 1 is 1.10 bits per heavy atom. The largest absolute Gasteiger partial charge is 0.498 e. The molecule has 2 heteroatoms. The molecule has 0 aromatic heterocycles. The fourth-order valence-corrected chi connectivity index (χ4v) is 3.52. The SMILES string of the molecule is CC1(C)C=C(OCCCO)CC2=C1Cc1ccccc1C2. The van der Waals surface area contributed by atoms with Gasteiger partial charge in [-0.2, -0.15) is 0 Å². The highest BCUT2D eigenvalue weighted by Crippen LogP contribution is 2.44. The van der Waals surface area contributed by atoms with Gasteiger partial charge in [0.2, 0.25) is 0 Å². The van der Waals surface area contributed by atoms with Crippen molar-refractivity contribution >= 4 is 0 Å².